The third kappa shape index (κ3) is 2.86. The predicted octanol–water partition coefficient (Wildman–Crippen LogP) is 9.58. The van der Waals surface area contributed by atoms with Crippen LogP contribution in [0.1, 0.15) is 22.3 Å². The number of para-hydroxylation sites is 2. The first-order valence-electron chi connectivity index (χ1n) is 15.1. The molecule has 2 aromatic heterocycles. The fraction of sp³-hybridized carbons (Fsp3) is 0.0244. The van der Waals surface area contributed by atoms with Gasteiger partial charge in [0.2, 0.25) is 0 Å². The minimum Gasteiger partial charge on any atom is -0.309 e. The van der Waals surface area contributed by atoms with Gasteiger partial charge in [-0.1, -0.05) is 127 Å². The van der Waals surface area contributed by atoms with Gasteiger partial charge in [0.1, 0.15) is 0 Å². The van der Waals surface area contributed by atoms with Gasteiger partial charge >= 0.3 is 0 Å². The number of rotatable bonds is 2. The first kappa shape index (κ1) is 23.7. The minimum absolute atomic E-state index is 0.401. The van der Waals surface area contributed by atoms with E-state index in [9.17, 15) is 0 Å². The van der Waals surface area contributed by atoms with Crippen molar-refractivity contribution in [2.24, 2.45) is 0 Å². The van der Waals surface area contributed by atoms with Gasteiger partial charge in [0.25, 0.3) is 0 Å². The molecule has 0 N–H and O–H groups in total. The molecule has 0 unspecified atom stereocenters. The summed E-state index contributed by atoms with van der Waals surface area (Å²) in [6.45, 7) is 0. The highest BCUT2D eigenvalue weighted by Gasteiger charge is 2.50. The van der Waals surface area contributed by atoms with Crippen LogP contribution in [0.15, 0.2) is 152 Å². The number of aromatic nitrogens is 3. The molecular weight excluding hydrogens is 534 g/mol. The largest absolute Gasteiger partial charge is 0.309 e. The van der Waals surface area contributed by atoms with Gasteiger partial charge in [-0.2, -0.15) is 0 Å². The second-order valence-electron chi connectivity index (χ2n) is 11.7. The lowest BCUT2D eigenvalue weighted by Crippen LogP contribution is -2.33. The van der Waals surface area contributed by atoms with Crippen LogP contribution in [-0.4, -0.2) is 14.5 Å². The summed E-state index contributed by atoms with van der Waals surface area (Å²) < 4.78 is 2.49. The molecule has 0 amide bonds. The molecule has 3 heterocycles. The van der Waals surface area contributed by atoms with Gasteiger partial charge in [-0.25, -0.2) is 0 Å². The van der Waals surface area contributed by atoms with Crippen LogP contribution in [0.3, 0.4) is 0 Å². The van der Waals surface area contributed by atoms with Gasteiger partial charge < -0.3 is 4.57 Å². The average Bonchev–Trinajstić information content (AvgIpc) is 3.59. The Kier molecular flexibility index (Phi) is 4.65. The van der Waals surface area contributed by atoms with E-state index in [-0.39, 0.29) is 0 Å². The molecule has 3 heteroatoms. The third-order valence-electron chi connectivity index (χ3n) is 9.71. The molecular formula is C41H25N3. The van der Waals surface area contributed by atoms with Crippen molar-refractivity contribution < 1.29 is 0 Å². The van der Waals surface area contributed by atoms with Crippen molar-refractivity contribution in [2.45, 2.75) is 5.41 Å². The maximum absolute atomic E-state index is 4.85. The molecule has 3 nitrogen and oxygen atoms in total. The maximum atomic E-state index is 4.85. The highest BCUT2D eigenvalue weighted by molar-refractivity contribution is 6.13. The van der Waals surface area contributed by atoms with Crippen LogP contribution in [-0.2, 0) is 5.41 Å². The Bertz CT molecular complexity index is 2410. The normalized spacial score (nSPS) is 13.6. The van der Waals surface area contributed by atoms with E-state index in [1.807, 2.05) is 6.07 Å². The van der Waals surface area contributed by atoms with Crippen LogP contribution in [0.25, 0.3) is 61.1 Å². The van der Waals surface area contributed by atoms with E-state index in [0.29, 0.717) is 0 Å². The zero-order chi connectivity index (χ0) is 28.8. The summed E-state index contributed by atoms with van der Waals surface area (Å²) >= 11 is 0. The summed E-state index contributed by atoms with van der Waals surface area (Å²) in [6, 6.07) is 50.9. The summed E-state index contributed by atoms with van der Waals surface area (Å²) in [5, 5.41) is 2.50. The minimum atomic E-state index is -0.401. The predicted molar refractivity (Wildman–Crippen MR) is 178 cm³/mol. The van der Waals surface area contributed by atoms with Gasteiger partial charge in [0, 0.05) is 34.3 Å². The van der Waals surface area contributed by atoms with Gasteiger partial charge in [0.15, 0.2) is 0 Å². The van der Waals surface area contributed by atoms with E-state index in [0.717, 1.165) is 22.5 Å². The standard InChI is InChI=1S/C41H25N3/c1-2-11-26(12-3-1)38-39(43-24-23-42-38)27-21-22-30-31-15-10-19-35-40(31)44(37(30)25-27)36-20-9-8-18-34(36)41(35)32-16-6-4-13-28(32)29-14-5-7-17-33(29)41/h1-25H. The topological polar surface area (TPSA) is 30.7 Å². The van der Waals surface area contributed by atoms with Crippen molar-refractivity contribution in [2.75, 3.05) is 0 Å². The molecule has 204 valence electrons. The Balaban J connectivity index is 1.33. The molecule has 0 bridgehead atoms. The molecule has 6 aromatic carbocycles. The Morgan fingerprint density at radius 3 is 1.82 bits per heavy atom. The molecule has 10 rings (SSSR count). The van der Waals surface area contributed by atoms with Crippen LogP contribution in [0.4, 0.5) is 0 Å². The smallest absolute Gasteiger partial charge is 0.0965 e. The maximum Gasteiger partial charge on any atom is 0.0965 e. The molecule has 0 saturated carbocycles. The van der Waals surface area contributed by atoms with Crippen molar-refractivity contribution >= 4 is 21.8 Å². The number of fused-ring (bicyclic) bond motifs is 12. The Labute approximate surface area is 254 Å². The molecule has 0 fully saturated rings. The van der Waals surface area contributed by atoms with Crippen molar-refractivity contribution in [1.82, 2.24) is 14.5 Å². The van der Waals surface area contributed by atoms with E-state index in [4.69, 9.17) is 9.97 Å². The summed E-state index contributed by atoms with van der Waals surface area (Å²) in [5.41, 5.74) is 15.1. The second kappa shape index (κ2) is 8.62. The molecule has 1 aliphatic carbocycles. The molecule has 8 aromatic rings. The Morgan fingerprint density at radius 1 is 0.455 bits per heavy atom. The van der Waals surface area contributed by atoms with Gasteiger partial charge in [0.05, 0.1) is 33.5 Å². The van der Waals surface area contributed by atoms with Gasteiger partial charge in [-0.3, -0.25) is 9.97 Å². The molecule has 1 aliphatic heterocycles. The molecule has 0 atom stereocenters. The van der Waals surface area contributed by atoms with Crippen molar-refractivity contribution in [1.29, 1.82) is 0 Å². The average molecular weight is 560 g/mol. The second-order valence-corrected chi connectivity index (χ2v) is 11.7. The lowest BCUT2D eigenvalue weighted by Gasteiger charge is -2.39. The van der Waals surface area contributed by atoms with Crippen LogP contribution >= 0.6 is 0 Å². The fourth-order valence-corrected chi connectivity index (χ4v) is 8.07. The molecule has 1 spiro atoms. The van der Waals surface area contributed by atoms with Crippen LogP contribution in [0, 0.1) is 0 Å². The van der Waals surface area contributed by atoms with E-state index < -0.39 is 5.41 Å². The monoisotopic (exact) mass is 559 g/mol. The first-order valence-corrected chi connectivity index (χ1v) is 15.1. The lowest BCUT2D eigenvalue weighted by molar-refractivity contribution is 0.748. The van der Waals surface area contributed by atoms with Crippen molar-refractivity contribution in [3.05, 3.63) is 174 Å². The third-order valence-corrected chi connectivity index (χ3v) is 9.71. The van der Waals surface area contributed by atoms with Crippen molar-refractivity contribution in [3.8, 4) is 39.3 Å². The molecule has 44 heavy (non-hydrogen) atoms. The lowest BCUT2D eigenvalue weighted by atomic mass is 9.65. The van der Waals surface area contributed by atoms with Crippen LogP contribution < -0.4 is 0 Å². The van der Waals surface area contributed by atoms with Crippen LogP contribution in [0.2, 0.25) is 0 Å². The zero-order valence-corrected chi connectivity index (χ0v) is 23.8. The highest BCUT2D eigenvalue weighted by Crippen LogP contribution is 2.60. The van der Waals surface area contributed by atoms with Crippen LogP contribution in [0.5, 0.6) is 0 Å². The summed E-state index contributed by atoms with van der Waals surface area (Å²) in [6.07, 6.45) is 3.57. The SMILES string of the molecule is c1ccc(-c2nccnc2-c2ccc3c4cccc5c4n(c3c2)-c2ccccc2C52c3ccccc3-c3ccccc32)cc1. The van der Waals surface area contributed by atoms with E-state index in [1.54, 1.807) is 12.4 Å². The fourth-order valence-electron chi connectivity index (χ4n) is 8.07. The van der Waals surface area contributed by atoms with Gasteiger partial charge in [-0.15, -0.1) is 0 Å². The number of hydrogen-bond acceptors (Lipinski definition) is 2. The number of nitrogens with zero attached hydrogens (tertiary/aromatic N) is 3. The number of benzene rings is 6. The quantitative estimate of drug-likeness (QED) is 0.211. The molecule has 0 saturated heterocycles. The van der Waals surface area contributed by atoms with E-state index >= 15 is 0 Å². The van der Waals surface area contributed by atoms with E-state index in [2.05, 4.69) is 138 Å². The Hall–Kier alpha value is -5.80. The van der Waals surface area contributed by atoms with Crippen molar-refractivity contribution in [3.63, 3.8) is 0 Å². The van der Waals surface area contributed by atoms with Gasteiger partial charge in [-0.05, 0) is 45.5 Å². The highest BCUT2D eigenvalue weighted by atomic mass is 15.0. The number of hydrogen-bond donors (Lipinski definition) is 0. The Morgan fingerprint density at radius 2 is 1.07 bits per heavy atom. The molecule has 2 aliphatic rings. The first-order chi connectivity index (χ1) is 21.9. The zero-order valence-electron chi connectivity index (χ0n) is 23.8. The summed E-state index contributed by atoms with van der Waals surface area (Å²) in [5.74, 6) is 0. The summed E-state index contributed by atoms with van der Waals surface area (Å²) in [7, 11) is 0. The van der Waals surface area contributed by atoms with E-state index in [1.165, 1.54) is 60.9 Å². The summed E-state index contributed by atoms with van der Waals surface area (Å²) in [4.78, 5) is 9.63. The molecule has 0 radical (unpaired) electrons.